The first-order valence-electron chi connectivity index (χ1n) is 8.07. The maximum Gasteiger partial charge on any atom is 0.311 e. The summed E-state index contributed by atoms with van der Waals surface area (Å²) < 4.78 is 32.4. The quantitative estimate of drug-likeness (QED) is 0.855. The number of piperidine rings is 2. The van der Waals surface area contributed by atoms with Gasteiger partial charge in [0, 0.05) is 19.1 Å². The van der Waals surface area contributed by atoms with Gasteiger partial charge in [-0.25, -0.2) is 8.42 Å². The van der Waals surface area contributed by atoms with E-state index in [1.807, 2.05) is 11.9 Å². The van der Waals surface area contributed by atoms with E-state index in [0.29, 0.717) is 18.5 Å². The number of sulfonamides is 1. The van der Waals surface area contributed by atoms with Crippen molar-refractivity contribution < 1.29 is 22.8 Å². The van der Waals surface area contributed by atoms with Gasteiger partial charge >= 0.3 is 5.97 Å². The molecule has 2 atom stereocenters. The maximum atomic E-state index is 13.0. The summed E-state index contributed by atoms with van der Waals surface area (Å²) in [4.78, 5) is 14.0. The van der Waals surface area contributed by atoms with Crippen molar-refractivity contribution in [2.45, 2.75) is 44.0 Å². The van der Waals surface area contributed by atoms with E-state index in [9.17, 15) is 18.3 Å². The molecule has 0 unspecified atom stereocenters. The van der Waals surface area contributed by atoms with E-state index in [0.717, 1.165) is 13.0 Å². The van der Waals surface area contributed by atoms with Gasteiger partial charge in [0.05, 0.1) is 5.41 Å². The highest BCUT2D eigenvalue weighted by molar-refractivity contribution is 7.89. The molecule has 2 aliphatic heterocycles. The molecule has 1 aromatic heterocycles. The van der Waals surface area contributed by atoms with Crippen LogP contribution in [0.1, 0.15) is 30.7 Å². The van der Waals surface area contributed by atoms with Gasteiger partial charge in [-0.1, -0.05) is 5.16 Å². The van der Waals surface area contributed by atoms with Crippen molar-refractivity contribution >= 4 is 16.0 Å². The van der Waals surface area contributed by atoms with E-state index in [2.05, 4.69) is 5.16 Å². The van der Waals surface area contributed by atoms with Crippen LogP contribution in [0.25, 0.3) is 0 Å². The number of carboxylic acid groups (broad SMARTS) is 1. The third kappa shape index (κ3) is 2.46. The highest BCUT2D eigenvalue weighted by Crippen LogP contribution is 2.43. The van der Waals surface area contributed by atoms with Crippen molar-refractivity contribution in [3.63, 3.8) is 0 Å². The molecular weight excluding hydrogens is 334 g/mol. The average molecular weight is 357 g/mol. The van der Waals surface area contributed by atoms with Crippen LogP contribution in [0.3, 0.4) is 0 Å². The number of nitrogens with zero attached hydrogens (tertiary/aromatic N) is 3. The van der Waals surface area contributed by atoms with E-state index in [1.54, 1.807) is 13.8 Å². The molecule has 0 spiro atoms. The van der Waals surface area contributed by atoms with Gasteiger partial charge in [-0.2, -0.15) is 4.31 Å². The van der Waals surface area contributed by atoms with E-state index in [4.69, 9.17) is 4.52 Å². The highest BCUT2D eigenvalue weighted by atomic mass is 32.2. The molecule has 3 rings (SSSR count). The Hall–Kier alpha value is -1.45. The lowest BCUT2D eigenvalue weighted by Gasteiger charge is -2.51. The first-order chi connectivity index (χ1) is 11.2. The van der Waals surface area contributed by atoms with Gasteiger partial charge in [-0.3, -0.25) is 4.79 Å². The fourth-order valence-electron chi connectivity index (χ4n) is 4.15. The van der Waals surface area contributed by atoms with E-state index < -0.39 is 21.4 Å². The summed E-state index contributed by atoms with van der Waals surface area (Å²) in [6.07, 6.45) is 1.73. The molecule has 24 heavy (non-hydrogen) atoms. The summed E-state index contributed by atoms with van der Waals surface area (Å²) in [5.41, 5.74) is -0.530. The van der Waals surface area contributed by atoms with Crippen LogP contribution in [-0.4, -0.2) is 66.6 Å². The molecular formula is C15H23N3O5S. The summed E-state index contributed by atoms with van der Waals surface area (Å²) >= 11 is 0. The number of fused-ring (bicyclic) bond motifs is 1. The van der Waals surface area contributed by atoms with Crippen molar-refractivity contribution in [3.8, 4) is 0 Å². The predicted octanol–water partition coefficient (Wildman–Crippen LogP) is 0.851. The van der Waals surface area contributed by atoms with Crippen LogP contribution in [0.5, 0.6) is 0 Å². The average Bonchev–Trinajstić information content (AvgIpc) is 2.86. The number of carbonyl (C=O) groups is 1. The van der Waals surface area contributed by atoms with Crippen molar-refractivity contribution in [1.82, 2.24) is 14.4 Å². The van der Waals surface area contributed by atoms with E-state index in [1.165, 1.54) is 4.31 Å². The summed E-state index contributed by atoms with van der Waals surface area (Å²) in [7, 11) is -1.88. The van der Waals surface area contributed by atoms with Gasteiger partial charge in [-0.15, -0.1) is 0 Å². The number of aliphatic carboxylic acids is 1. The Morgan fingerprint density at radius 3 is 2.62 bits per heavy atom. The molecule has 1 N–H and O–H groups in total. The number of hydrogen-bond acceptors (Lipinski definition) is 6. The van der Waals surface area contributed by atoms with Crippen molar-refractivity contribution in [3.05, 3.63) is 11.5 Å². The molecule has 2 fully saturated rings. The van der Waals surface area contributed by atoms with Gasteiger partial charge in [0.25, 0.3) is 0 Å². The Morgan fingerprint density at radius 1 is 1.33 bits per heavy atom. The van der Waals surface area contributed by atoms with Gasteiger partial charge in [0.15, 0.2) is 5.76 Å². The Balaban J connectivity index is 1.95. The molecule has 0 radical (unpaired) electrons. The lowest BCUT2D eigenvalue weighted by molar-refractivity contribution is -0.160. The summed E-state index contributed by atoms with van der Waals surface area (Å²) in [6, 6.07) is -0.326. The zero-order valence-electron chi connectivity index (χ0n) is 14.2. The third-order valence-corrected chi connectivity index (χ3v) is 7.59. The fraction of sp³-hybridized carbons (Fsp3) is 0.733. The number of aromatic nitrogens is 1. The molecule has 0 aliphatic carbocycles. The molecule has 1 aromatic rings. The number of likely N-dealkylation sites (N-methyl/N-ethyl adjacent to an activating group) is 1. The molecule has 0 aromatic carbocycles. The second-order valence-electron chi connectivity index (χ2n) is 6.83. The molecule has 8 nitrogen and oxygen atoms in total. The smallest absolute Gasteiger partial charge is 0.311 e. The van der Waals surface area contributed by atoms with Crippen molar-refractivity contribution in [1.29, 1.82) is 0 Å². The minimum absolute atomic E-state index is 0.101. The Kier molecular flexibility index (Phi) is 4.21. The number of aryl methyl sites for hydroxylation is 2. The maximum absolute atomic E-state index is 13.0. The zero-order valence-corrected chi connectivity index (χ0v) is 15.0. The fourth-order valence-corrected chi connectivity index (χ4v) is 5.89. The van der Waals surface area contributed by atoms with Crippen LogP contribution >= 0.6 is 0 Å². The molecule has 3 heterocycles. The van der Waals surface area contributed by atoms with Gasteiger partial charge in [0.1, 0.15) is 10.6 Å². The number of rotatable bonds is 3. The Bertz CT molecular complexity index is 740. The lowest BCUT2D eigenvalue weighted by Crippen LogP contribution is -2.63. The van der Waals surface area contributed by atoms with Crippen LogP contribution in [0.15, 0.2) is 9.42 Å². The summed E-state index contributed by atoms with van der Waals surface area (Å²) in [6.45, 7) is 4.32. The van der Waals surface area contributed by atoms with Gasteiger partial charge in [0.2, 0.25) is 10.0 Å². The molecule has 0 bridgehead atoms. The number of carboxylic acids is 1. The van der Waals surface area contributed by atoms with Gasteiger partial charge < -0.3 is 14.5 Å². The minimum Gasteiger partial charge on any atom is -0.481 e. The van der Waals surface area contributed by atoms with Crippen LogP contribution in [0.4, 0.5) is 0 Å². The first kappa shape index (κ1) is 17.4. The number of likely N-dealkylation sites (tertiary alicyclic amines) is 1. The zero-order chi connectivity index (χ0) is 17.7. The Labute approximate surface area is 141 Å². The topological polar surface area (TPSA) is 104 Å². The minimum atomic E-state index is -3.75. The molecule has 134 valence electrons. The first-order valence-corrected chi connectivity index (χ1v) is 9.51. The normalized spacial score (nSPS) is 29.4. The lowest BCUT2D eigenvalue weighted by atomic mass is 9.69. The predicted molar refractivity (Wildman–Crippen MR) is 85.1 cm³/mol. The van der Waals surface area contributed by atoms with E-state index in [-0.39, 0.29) is 29.8 Å². The molecule has 2 aliphatic rings. The van der Waals surface area contributed by atoms with Gasteiger partial charge in [-0.05, 0) is 46.7 Å². The SMILES string of the molecule is Cc1noc(C)c1S(=O)(=O)N1CC[C@@]2(C(=O)O)CCCN(C)[C@@H]2C1. The van der Waals surface area contributed by atoms with Crippen molar-refractivity contribution in [2.75, 3.05) is 26.7 Å². The molecule has 0 amide bonds. The van der Waals surface area contributed by atoms with Crippen LogP contribution in [0, 0.1) is 19.3 Å². The van der Waals surface area contributed by atoms with Crippen LogP contribution < -0.4 is 0 Å². The molecule has 2 saturated heterocycles. The molecule has 9 heteroatoms. The third-order valence-electron chi connectivity index (χ3n) is 5.48. The van der Waals surface area contributed by atoms with E-state index >= 15 is 0 Å². The monoisotopic (exact) mass is 357 g/mol. The summed E-state index contributed by atoms with van der Waals surface area (Å²) in [5, 5.41) is 13.5. The largest absolute Gasteiger partial charge is 0.481 e. The Morgan fingerprint density at radius 2 is 2.04 bits per heavy atom. The highest BCUT2D eigenvalue weighted by Gasteiger charge is 2.54. The summed E-state index contributed by atoms with van der Waals surface area (Å²) in [5.74, 6) is -0.562. The number of hydrogen-bond donors (Lipinski definition) is 1. The van der Waals surface area contributed by atoms with Crippen LogP contribution in [-0.2, 0) is 14.8 Å². The van der Waals surface area contributed by atoms with Crippen molar-refractivity contribution in [2.24, 2.45) is 5.41 Å². The second kappa shape index (κ2) is 5.82. The molecule has 0 saturated carbocycles. The second-order valence-corrected chi connectivity index (χ2v) is 8.70. The standard InChI is InChI=1S/C15H23N3O5S/c1-10-13(11(2)23-16-10)24(21,22)18-8-6-15(14(19)20)5-4-7-17(3)12(15)9-18/h12H,4-9H2,1-3H3,(H,19,20)/t12-,15+/m1/s1. The van der Waals surface area contributed by atoms with Crippen LogP contribution in [0.2, 0.25) is 0 Å².